The molecule has 2 aliphatic rings. The minimum Gasteiger partial charge on any atom is -0.496 e. The van der Waals surface area contributed by atoms with Crippen LogP contribution in [0.2, 0.25) is 0 Å². The molecule has 4 rings (SSSR count). The molecule has 4 atom stereocenters. The summed E-state index contributed by atoms with van der Waals surface area (Å²) in [6.45, 7) is 1.32. The molecule has 29 heavy (non-hydrogen) atoms. The van der Waals surface area contributed by atoms with Gasteiger partial charge >= 0.3 is 0 Å². The van der Waals surface area contributed by atoms with E-state index in [9.17, 15) is 14.7 Å². The molecule has 1 unspecified atom stereocenters. The fraction of sp³-hybridized carbons (Fsp3) is 0.381. The summed E-state index contributed by atoms with van der Waals surface area (Å²) < 4.78 is 10.7. The summed E-state index contributed by atoms with van der Waals surface area (Å²) in [7, 11) is 2.99. The number of rotatable bonds is 6. The highest BCUT2D eigenvalue weighted by molar-refractivity contribution is 5.99. The van der Waals surface area contributed by atoms with Crippen molar-refractivity contribution >= 4 is 11.8 Å². The van der Waals surface area contributed by atoms with Gasteiger partial charge < -0.3 is 25.2 Å². The SMILES string of the molecule is CNC(=O)c1cc(C(=O)N[C@H]2[C@@H]3COC[C@@H]32)cc(C(O)c2ccccc2OC)n1. The van der Waals surface area contributed by atoms with Gasteiger partial charge in [-0.05, 0) is 18.2 Å². The molecule has 2 heterocycles. The number of hydrogen-bond acceptors (Lipinski definition) is 6. The van der Waals surface area contributed by atoms with Crippen molar-refractivity contribution in [2.75, 3.05) is 27.4 Å². The Bertz CT molecular complexity index is 938. The number of nitrogens with one attached hydrogen (secondary N) is 2. The Hall–Kier alpha value is -2.97. The monoisotopic (exact) mass is 397 g/mol. The predicted octanol–water partition coefficient (Wildman–Crippen LogP) is 0.906. The summed E-state index contributed by atoms with van der Waals surface area (Å²) in [5, 5.41) is 16.4. The minimum absolute atomic E-state index is 0.0587. The standard InChI is InChI=1S/C21H23N3O5/c1-22-21(27)16-8-11(20(26)24-18-13-9-29-10-14(13)18)7-15(23-16)19(25)12-5-3-4-6-17(12)28-2/h3-8,13-14,18-19,25H,9-10H2,1-2H3,(H,22,27)(H,24,26)/t13-,14+,18+,19?. The van der Waals surface area contributed by atoms with Crippen LogP contribution < -0.4 is 15.4 Å². The second-order valence-corrected chi connectivity index (χ2v) is 7.25. The highest BCUT2D eigenvalue weighted by Gasteiger charge is 2.54. The van der Waals surface area contributed by atoms with E-state index < -0.39 is 12.0 Å². The molecule has 1 aromatic carbocycles. The number of pyridine rings is 1. The summed E-state index contributed by atoms with van der Waals surface area (Å²) in [4.78, 5) is 29.3. The number of nitrogens with zero attached hydrogens (tertiary/aromatic N) is 1. The van der Waals surface area contributed by atoms with Crippen LogP contribution in [0.3, 0.4) is 0 Å². The Labute approximate surface area is 168 Å². The molecule has 2 aromatic rings. The van der Waals surface area contributed by atoms with E-state index >= 15 is 0 Å². The van der Waals surface area contributed by atoms with Crippen molar-refractivity contribution in [1.29, 1.82) is 0 Å². The molecule has 0 bridgehead atoms. The van der Waals surface area contributed by atoms with Gasteiger partial charge in [-0.25, -0.2) is 4.98 Å². The summed E-state index contributed by atoms with van der Waals surface area (Å²) in [5.74, 6) is 0.467. The zero-order valence-electron chi connectivity index (χ0n) is 16.2. The molecular formula is C21H23N3O5. The molecule has 3 N–H and O–H groups in total. The number of aliphatic hydroxyl groups is 1. The van der Waals surface area contributed by atoms with Crippen molar-refractivity contribution < 1.29 is 24.2 Å². The summed E-state index contributed by atoms with van der Waals surface area (Å²) >= 11 is 0. The molecule has 0 spiro atoms. The maximum Gasteiger partial charge on any atom is 0.269 e. The van der Waals surface area contributed by atoms with Crippen LogP contribution in [0, 0.1) is 11.8 Å². The summed E-state index contributed by atoms with van der Waals surface area (Å²) in [5.41, 5.74) is 1.02. The molecule has 1 aliphatic heterocycles. The van der Waals surface area contributed by atoms with Crippen LogP contribution >= 0.6 is 0 Å². The van der Waals surface area contributed by atoms with Crippen LogP contribution in [0.15, 0.2) is 36.4 Å². The number of carbonyl (C=O) groups excluding carboxylic acids is 2. The molecular weight excluding hydrogens is 374 g/mol. The molecule has 2 amide bonds. The van der Waals surface area contributed by atoms with Crippen LogP contribution in [0.5, 0.6) is 5.75 Å². The first kappa shape index (κ1) is 19.4. The Morgan fingerprint density at radius 2 is 1.93 bits per heavy atom. The third-order valence-electron chi connectivity index (χ3n) is 5.53. The number of para-hydroxylation sites is 1. The molecule has 152 valence electrons. The molecule has 1 aliphatic carbocycles. The molecule has 1 saturated heterocycles. The second-order valence-electron chi connectivity index (χ2n) is 7.25. The smallest absolute Gasteiger partial charge is 0.269 e. The number of aromatic nitrogens is 1. The molecule has 1 aromatic heterocycles. The van der Waals surface area contributed by atoms with E-state index in [1.165, 1.54) is 26.3 Å². The molecule has 2 fully saturated rings. The van der Waals surface area contributed by atoms with E-state index in [4.69, 9.17) is 9.47 Å². The van der Waals surface area contributed by atoms with Gasteiger partial charge in [-0.3, -0.25) is 9.59 Å². The third-order valence-corrected chi connectivity index (χ3v) is 5.53. The van der Waals surface area contributed by atoms with Crippen LogP contribution in [0.25, 0.3) is 0 Å². The second kappa shape index (κ2) is 7.81. The Balaban J connectivity index is 1.65. The lowest BCUT2D eigenvalue weighted by atomic mass is 10.0. The molecule has 0 radical (unpaired) electrons. The minimum atomic E-state index is -1.16. The van der Waals surface area contributed by atoms with E-state index in [2.05, 4.69) is 15.6 Å². The number of amides is 2. The predicted molar refractivity (Wildman–Crippen MR) is 104 cm³/mol. The number of fused-ring (bicyclic) bond motifs is 1. The fourth-order valence-electron chi connectivity index (χ4n) is 3.81. The highest BCUT2D eigenvalue weighted by Crippen LogP contribution is 2.44. The zero-order valence-corrected chi connectivity index (χ0v) is 16.2. The lowest BCUT2D eigenvalue weighted by Crippen LogP contribution is -2.31. The third kappa shape index (κ3) is 3.68. The largest absolute Gasteiger partial charge is 0.496 e. The highest BCUT2D eigenvalue weighted by atomic mass is 16.5. The van der Waals surface area contributed by atoms with Crippen molar-refractivity contribution in [3.8, 4) is 5.75 Å². The topological polar surface area (TPSA) is 110 Å². The maximum absolute atomic E-state index is 12.8. The summed E-state index contributed by atoms with van der Waals surface area (Å²) in [6.07, 6.45) is -1.16. The van der Waals surface area contributed by atoms with Crippen LogP contribution in [0.1, 0.15) is 38.2 Å². The number of aliphatic hydroxyl groups excluding tert-OH is 1. The lowest BCUT2D eigenvalue weighted by Gasteiger charge is -2.16. The van der Waals surface area contributed by atoms with E-state index in [0.29, 0.717) is 36.4 Å². The van der Waals surface area contributed by atoms with Gasteiger partial charge in [0.05, 0.1) is 26.0 Å². The van der Waals surface area contributed by atoms with Crippen LogP contribution in [-0.2, 0) is 4.74 Å². The number of hydrogen-bond donors (Lipinski definition) is 3. The summed E-state index contributed by atoms with van der Waals surface area (Å²) in [6, 6.07) is 10.0. The van der Waals surface area contributed by atoms with Crippen molar-refractivity contribution in [3.63, 3.8) is 0 Å². The molecule has 1 saturated carbocycles. The molecule has 8 nitrogen and oxygen atoms in total. The van der Waals surface area contributed by atoms with E-state index in [1.54, 1.807) is 24.3 Å². The van der Waals surface area contributed by atoms with Crippen molar-refractivity contribution in [2.24, 2.45) is 11.8 Å². The quantitative estimate of drug-likeness (QED) is 0.668. The van der Waals surface area contributed by atoms with Crippen molar-refractivity contribution in [3.05, 3.63) is 58.9 Å². The fourth-order valence-corrected chi connectivity index (χ4v) is 3.81. The van der Waals surface area contributed by atoms with E-state index in [-0.39, 0.29) is 28.9 Å². The average Bonchev–Trinajstić information content (AvgIpc) is 3.17. The Morgan fingerprint density at radius 1 is 1.21 bits per heavy atom. The van der Waals surface area contributed by atoms with Crippen LogP contribution in [0.4, 0.5) is 0 Å². The average molecular weight is 397 g/mol. The van der Waals surface area contributed by atoms with Gasteiger partial charge in [-0.15, -0.1) is 0 Å². The van der Waals surface area contributed by atoms with Gasteiger partial charge in [0.1, 0.15) is 17.5 Å². The van der Waals surface area contributed by atoms with E-state index in [1.807, 2.05) is 0 Å². The van der Waals surface area contributed by atoms with E-state index in [0.717, 1.165) is 0 Å². The normalized spacial score (nSPS) is 23.1. The van der Waals surface area contributed by atoms with Gasteiger partial charge in [0, 0.05) is 36.1 Å². The first-order valence-corrected chi connectivity index (χ1v) is 9.47. The zero-order chi connectivity index (χ0) is 20.5. The molecule has 8 heteroatoms. The Kier molecular flexibility index (Phi) is 5.21. The van der Waals surface area contributed by atoms with Gasteiger partial charge in [-0.2, -0.15) is 0 Å². The van der Waals surface area contributed by atoms with Gasteiger partial charge in [0.2, 0.25) is 0 Å². The number of carbonyl (C=O) groups is 2. The first-order valence-electron chi connectivity index (χ1n) is 9.47. The first-order chi connectivity index (χ1) is 14.0. The maximum atomic E-state index is 12.8. The number of benzene rings is 1. The number of ether oxygens (including phenoxy) is 2. The van der Waals surface area contributed by atoms with Crippen LogP contribution in [-0.4, -0.2) is 55.3 Å². The van der Waals surface area contributed by atoms with Gasteiger partial charge in [0.15, 0.2) is 0 Å². The van der Waals surface area contributed by atoms with Gasteiger partial charge in [-0.1, -0.05) is 18.2 Å². The number of methoxy groups -OCH3 is 1. The Morgan fingerprint density at radius 3 is 2.62 bits per heavy atom. The van der Waals surface area contributed by atoms with Gasteiger partial charge in [0.25, 0.3) is 11.8 Å². The van der Waals surface area contributed by atoms with Crippen molar-refractivity contribution in [2.45, 2.75) is 12.1 Å². The van der Waals surface area contributed by atoms with Crippen molar-refractivity contribution in [1.82, 2.24) is 15.6 Å². The lowest BCUT2D eigenvalue weighted by molar-refractivity contribution is 0.0928.